The molecule has 0 unspecified atom stereocenters. The lowest BCUT2D eigenvalue weighted by molar-refractivity contribution is -0.114. The molecule has 0 aliphatic carbocycles. The van der Waals surface area contributed by atoms with Crippen molar-refractivity contribution in [3.8, 4) is 0 Å². The van der Waals surface area contributed by atoms with Gasteiger partial charge < -0.3 is 10.1 Å². The van der Waals surface area contributed by atoms with Gasteiger partial charge in [-0.25, -0.2) is 0 Å². The first-order valence-corrected chi connectivity index (χ1v) is 8.39. The number of anilines is 2. The second-order valence-corrected chi connectivity index (χ2v) is 6.25. The number of nitrogens with zero attached hydrogens (tertiary/aromatic N) is 1. The molecular formula is C21H18N2O3. The fraction of sp³-hybridized carbons (Fsp3) is 0.143. The van der Waals surface area contributed by atoms with Crippen molar-refractivity contribution in [2.75, 3.05) is 23.9 Å². The molecule has 5 nitrogen and oxygen atoms in total. The molecule has 0 saturated carbocycles. The van der Waals surface area contributed by atoms with Crippen molar-refractivity contribution in [3.05, 3.63) is 71.8 Å². The van der Waals surface area contributed by atoms with Crippen molar-refractivity contribution >= 4 is 34.0 Å². The number of rotatable bonds is 5. The molecule has 0 radical (unpaired) electrons. The third-order valence-corrected chi connectivity index (χ3v) is 4.47. The van der Waals surface area contributed by atoms with Gasteiger partial charge in [0.15, 0.2) is 0 Å². The highest BCUT2D eigenvalue weighted by Crippen LogP contribution is 2.36. The van der Waals surface area contributed by atoms with Gasteiger partial charge in [-0.05, 0) is 35.2 Å². The quantitative estimate of drug-likeness (QED) is 0.768. The van der Waals surface area contributed by atoms with Crippen LogP contribution in [0.1, 0.15) is 15.9 Å². The van der Waals surface area contributed by atoms with Crippen LogP contribution in [0.4, 0.5) is 11.4 Å². The number of carbonyl (C=O) groups excluding carboxylic acids is 2. The predicted molar refractivity (Wildman–Crippen MR) is 101 cm³/mol. The Morgan fingerprint density at radius 1 is 1.08 bits per heavy atom. The van der Waals surface area contributed by atoms with E-state index in [1.54, 1.807) is 13.2 Å². The maximum absolute atomic E-state index is 12.7. The van der Waals surface area contributed by atoms with E-state index in [0.29, 0.717) is 17.9 Å². The van der Waals surface area contributed by atoms with Crippen molar-refractivity contribution in [1.82, 2.24) is 0 Å². The van der Waals surface area contributed by atoms with E-state index in [1.807, 2.05) is 54.6 Å². The van der Waals surface area contributed by atoms with Gasteiger partial charge in [0.1, 0.15) is 6.54 Å². The van der Waals surface area contributed by atoms with E-state index in [9.17, 15) is 9.59 Å². The van der Waals surface area contributed by atoms with Crippen LogP contribution in [0.2, 0.25) is 0 Å². The van der Waals surface area contributed by atoms with E-state index in [2.05, 4.69) is 5.32 Å². The largest absolute Gasteiger partial charge is 0.380 e. The number of amides is 2. The van der Waals surface area contributed by atoms with E-state index in [1.165, 1.54) is 4.90 Å². The van der Waals surface area contributed by atoms with Crippen LogP contribution in [0, 0.1) is 0 Å². The molecule has 2 amide bonds. The summed E-state index contributed by atoms with van der Waals surface area (Å²) in [6, 6.07) is 18.9. The van der Waals surface area contributed by atoms with Gasteiger partial charge in [0.25, 0.3) is 5.91 Å². The van der Waals surface area contributed by atoms with Gasteiger partial charge >= 0.3 is 0 Å². The van der Waals surface area contributed by atoms with Gasteiger partial charge in [-0.15, -0.1) is 0 Å². The molecule has 0 bridgehead atoms. The summed E-state index contributed by atoms with van der Waals surface area (Å²) in [6.45, 7) is 0.451. The highest BCUT2D eigenvalue weighted by Gasteiger charge is 2.30. The fourth-order valence-electron chi connectivity index (χ4n) is 3.39. The lowest BCUT2D eigenvalue weighted by Crippen LogP contribution is -2.35. The minimum atomic E-state index is -0.238. The van der Waals surface area contributed by atoms with Crippen LogP contribution in [0.5, 0.6) is 0 Å². The van der Waals surface area contributed by atoms with Crippen LogP contribution < -0.4 is 10.2 Å². The number of benzene rings is 3. The number of hydrogen-bond acceptors (Lipinski definition) is 3. The summed E-state index contributed by atoms with van der Waals surface area (Å²) in [5.74, 6) is -0.377. The maximum Gasteiger partial charge on any atom is 0.259 e. The van der Waals surface area contributed by atoms with E-state index in [-0.39, 0.29) is 18.4 Å². The van der Waals surface area contributed by atoms with E-state index in [4.69, 9.17) is 4.74 Å². The summed E-state index contributed by atoms with van der Waals surface area (Å²) in [5.41, 5.74) is 3.09. The fourth-order valence-corrected chi connectivity index (χ4v) is 3.39. The zero-order valence-electron chi connectivity index (χ0n) is 14.4. The number of hydrogen-bond donors (Lipinski definition) is 1. The molecule has 4 rings (SSSR count). The minimum Gasteiger partial charge on any atom is -0.380 e. The van der Waals surface area contributed by atoms with Gasteiger partial charge in [-0.2, -0.15) is 0 Å². The Bertz CT molecular complexity index is 1010. The summed E-state index contributed by atoms with van der Waals surface area (Å²) in [7, 11) is 1.63. The molecule has 26 heavy (non-hydrogen) atoms. The smallest absolute Gasteiger partial charge is 0.259 e. The molecule has 0 saturated heterocycles. The zero-order valence-corrected chi connectivity index (χ0v) is 14.4. The molecule has 3 aromatic rings. The Hall–Kier alpha value is -3.18. The third kappa shape index (κ3) is 2.82. The summed E-state index contributed by atoms with van der Waals surface area (Å²) in [4.78, 5) is 26.8. The molecule has 0 aromatic heterocycles. The Morgan fingerprint density at radius 2 is 1.85 bits per heavy atom. The second-order valence-electron chi connectivity index (χ2n) is 6.25. The highest BCUT2D eigenvalue weighted by atomic mass is 16.5. The zero-order chi connectivity index (χ0) is 18.1. The van der Waals surface area contributed by atoms with Crippen LogP contribution in [0.25, 0.3) is 10.8 Å². The Labute approximate surface area is 151 Å². The van der Waals surface area contributed by atoms with Gasteiger partial charge in [-0.3, -0.25) is 14.5 Å². The highest BCUT2D eigenvalue weighted by molar-refractivity contribution is 6.26. The number of nitrogens with one attached hydrogen (secondary N) is 1. The normalized spacial score (nSPS) is 12.7. The molecule has 0 spiro atoms. The monoisotopic (exact) mass is 346 g/mol. The van der Waals surface area contributed by atoms with Crippen molar-refractivity contribution in [1.29, 1.82) is 0 Å². The van der Waals surface area contributed by atoms with Crippen molar-refractivity contribution in [2.45, 2.75) is 6.61 Å². The van der Waals surface area contributed by atoms with Crippen LogP contribution in [0.15, 0.2) is 60.7 Å². The van der Waals surface area contributed by atoms with E-state index >= 15 is 0 Å². The maximum atomic E-state index is 12.7. The molecule has 1 heterocycles. The van der Waals surface area contributed by atoms with Gasteiger partial charge in [0, 0.05) is 23.7 Å². The molecule has 130 valence electrons. The van der Waals surface area contributed by atoms with Gasteiger partial charge in [0.05, 0.1) is 12.3 Å². The number of ether oxygens (including phenoxy) is 1. The minimum absolute atomic E-state index is 0.0267. The summed E-state index contributed by atoms with van der Waals surface area (Å²) < 4.78 is 5.11. The summed E-state index contributed by atoms with van der Waals surface area (Å²) in [6.07, 6.45) is 0. The Kier molecular flexibility index (Phi) is 4.14. The second kappa shape index (κ2) is 6.61. The van der Waals surface area contributed by atoms with Crippen LogP contribution in [-0.2, 0) is 16.1 Å². The van der Waals surface area contributed by atoms with Crippen molar-refractivity contribution < 1.29 is 14.3 Å². The van der Waals surface area contributed by atoms with Crippen molar-refractivity contribution in [2.24, 2.45) is 0 Å². The molecular weight excluding hydrogens is 328 g/mol. The van der Waals surface area contributed by atoms with E-state index in [0.717, 1.165) is 22.0 Å². The average molecular weight is 346 g/mol. The molecule has 0 atom stereocenters. The van der Waals surface area contributed by atoms with Crippen LogP contribution in [0.3, 0.4) is 0 Å². The Morgan fingerprint density at radius 3 is 2.65 bits per heavy atom. The van der Waals surface area contributed by atoms with Crippen LogP contribution in [-0.4, -0.2) is 25.5 Å². The summed E-state index contributed by atoms with van der Waals surface area (Å²) >= 11 is 0. The first kappa shape index (κ1) is 16.3. The van der Waals surface area contributed by atoms with E-state index < -0.39 is 0 Å². The number of methoxy groups -OCH3 is 1. The molecule has 1 aliphatic heterocycles. The van der Waals surface area contributed by atoms with Gasteiger partial charge in [0.2, 0.25) is 5.91 Å². The molecule has 3 aromatic carbocycles. The SMILES string of the molecule is COCc1cccc(NC(=O)CN2C(=O)c3cccc4cccc2c34)c1. The van der Waals surface area contributed by atoms with Crippen molar-refractivity contribution in [3.63, 3.8) is 0 Å². The van der Waals surface area contributed by atoms with Crippen LogP contribution >= 0.6 is 0 Å². The number of carbonyl (C=O) groups is 2. The molecule has 0 fully saturated rings. The van der Waals surface area contributed by atoms with Gasteiger partial charge in [-0.1, -0.05) is 36.4 Å². The third-order valence-electron chi connectivity index (χ3n) is 4.47. The lowest BCUT2D eigenvalue weighted by Gasteiger charge is -2.17. The molecule has 5 heteroatoms. The average Bonchev–Trinajstić information content (AvgIpc) is 2.90. The predicted octanol–water partition coefficient (Wildman–Crippen LogP) is 3.59. The Balaban J connectivity index is 1.55. The summed E-state index contributed by atoms with van der Waals surface area (Å²) in [5, 5.41) is 4.77. The standard InChI is InChI=1S/C21H18N2O3/c1-26-13-14-5-2-8-16(11-14)22-19(24)12-23-18-10-4-7-15-6-3-9-17(20(15)18)21(23)25/h2-11H,12-13H2,1H3,(H,22,24). The lowest BCUT2D eigenvalue weighted by atomic mass is 10.1. The first-order chi connectivity index (χ1) is 12.7. The molecule has 1 aliphatic rings. The first-order valence-electron chi connectivity index (χ1n) is 8.39. The molecule has 1 N–H and O–H groups in total. The topological polar surface area (TPSA) is 58.6 Å².